The van der Waals surface area contributed by atoms with Gasteiger partial charge in [-0.15, -0.1) is 0 Å². The predicted molar refractivity (Wildman–Crippen MR) is 122 cm³/mol. The average Bonchev–Trinajstić information content (AvgIpc) is 3.38. The maximum absolute atomic E-state index is 13.0. The van der Waals surface area contributed by atoms with Gasteiger partial charge >= 0.3 is 0 Å². The van der Waals surface area contributed by atoms with Gasteiger partial charge in [-0.2, -0.15) is 0 Å². The van der Waals surface area contributed by atoms with Crippen LogP contribution in [-0.2, 0) is 16.1 Å². The van der Waals surface area contributed by atoms with Crippen molar-refractivity contribution in [1.29, 1.82) is 0 Å². The summed E-state index contributed by atoms with van der Waals surface area (Å²) in [5.74, 6) is -0.846. The molecule has 8 nitrogen and oxygen atoms in total. The van der Waals surface area contributed by atoms with Gasteiger partial charge in [0.05, 0.1) is 11.1 Å². The summed E-state index contributed by atoms with van der Waals surface area (Å²) in [4.78, 5) is 31.0. The van der Waals surface area contributed by atoms with E-state index in [1.54, 1.807) is 36.5 Å². The third kappa shape index (κ3) is 3.12. The number of amides is 2. The molecule has 1 aliphatic heterocycles. The molecule has 0 spiro atoms. The van der Waals surface area contributed by atoms with Crippen LogP contribution in [0.15, 0.2) is 48.8 Å². The number of rotatable bonds is 5. The lowest BCUT2D eigenvalue weighted by molar-refractivity contribution is -0.122. The number of likely N-dealkylation sites (N-methyl/N-ethyl adjacent to an activating group) is 1. The summed E-state index contributed by atoms with van der Waals surface area (Å²) in [6, 6.07) is 9.86. The Morgan fingerprint density at radius 1 is 0.906 bits per heavy atom. The lowest BCUT2D eigenvalue weighted by atomic mass is 9.95. The van der Waals surface area contributed by atoms with Crippen molar-refractivity contribution in [3.05, 3.63) is 59.9 Å². The fraction of sp³-hybridized carbons (Fsp3) is 0.167. The Morgan fingerprint density at radius 3 is 2.28 bits per heavy atom. The van der Waals surface area contributed by atoms with Crippen LogP contribution in [0, 0.1) is 0 Å². The van der Waals surface area contributed by atoms with Crippen LogP contribution in [0.1, 0.15) is 11.1 Å². The van der Waals surface area contributed by atoms with E-state index in [2.05, 4.69) is 15.2 Å². The van der Waals surface area contributed by atoms with E-state index in [-0.39, 0.29) is 22.6 Å². The van der Waals surface area contributed by atoms with Crippen molar-refractivity contribution in [2.75, 3.05) is 20.6 Å². The predicted octanol–water partition coefficient (Wildman–Crippen LogP) is 2.66. The molecule has 0 aliphatic carbocycles. The number of hydrogen-bond donors (Lipinski definition) is 4. The van der Waals surface area contributed by atoms with E-state index >= 15 is 0 Å². The highest BCUT2D eigenvalue weighted by atomic mass is 16.3. The van der Waals surface area contributed by atoms with Gasteiger partial charge in [0, 0.05) is 58.4 Å². The quantitative estimate of drug-likeness (QED) is 0.364. The number of aromatic amines is 1. The van der Waals surface area contributed by atoms with Gasteiger partial charge in [0.2, 0.25) is 0 Å². The smallest absolute Gasteiger partial charge is 0.259 e. The summed E-state index contributed by atoms with van der Waals surface area (Å²) in [5, 5.41) is 23.8. The second kappa shape index (κ2) is 7.28. The maximum Gasteiger partial charge on any atom is 0.259 e. The number of phenolic OH excluding ortho intramolecular Hbond substituents is 2. The third-order valence-electron chi connectivity index (χ3n) is 5.79. The number of hydrogen-bond acceptors (Lipinski definition) is 5. The number of benzene rings is 2. The summed E-state index contributed by atoms with van der Waals surface area (Å²) in [5.41, 5.74) is 3.18. The Hall–Kier alpha value is -4.04. The number of phenols is 2. The molecular formula is C24H22N4O4. The summed E-state index contributed by atoms with van der Waals surface area (Å²) >= 11 is 0. The van der Waals surface area contributed by atoms with Gasteiger partial charge in [0.15, 0.2) is 0 Å². The van der Waals surface area contributed by atoms with Crippen molar-refractivity contribution in [2.24, 2.45) is 0 Å². The number of imide groups is 1. The van der Waals surface area contributed by atoms with Crippen LogP contribution in [0.2, 0.25) is 0 Å². The molecule has 0 fully saturated rings. The molecule has 32 heavy (non-hydrogen) atoms. The molecule has 0 saturated heterocycles. The van der Waals surface area contributed by atoms with E-state index in [1.165, 1.54) is 0 Å². The van der Waals surface area contributed by atoms with Crippen LogP contribution >= 0.6 is 0 Å². The molecule has 4 N–H and O–H groups in total. The summed E-state index contributed by atoms with van der Waals surface area (Å²) in [7, 11) is 3.96. The summed E-state index contributed by atoms with van der Waals surface area (Å²) in [6.45, 7) is 1.45. The van der Waals surface area contributed by atoms with E-state index in [4.69, 9.17) is 0 Å². The molecule has 0 bridgehead atoms. The molecule has 4 aromatic rings. The molecule has 0 atom stereocenters. The third-order valence-corrected chi connectivity index (χ3v) is 5.79. The highest BCUT2D eigenvalue weighted by molar-refractivity contribution is 6.50. The zero-order chi connectivity index (χ0) is 22.6. The number of nitrogens with zero attached hydrogens (tertiary/aromatic N) is 2. The molecule has 8 heteroatoms. The Bertz CT molecular complexity index is 1440. The number of fused-ring (bicyclic) bond motifs is 2. The van der Waals surface area contributed by atoms with Crippen LogP contribution in [0.4, 0.5) is 0 Å². The second-order valence-corrected chi connectivity index (χ2v) is 8.21. The zero-order valence-corrected chi connectivity index (χ0v) is 17.6. The van der Waals surface area contributed by atoms with Gasteiger partial charge in [0.1, 0.15) is 11.5 Å². The van der Waals surface area contributed by atoms with E-state index in [0.29, 0.717) is 28.4 Å². The van der Waals surface area contributed by atoms with Gasteiger partial charge in [0.25, 0.3) is 11.8 Å². The normalized spacial score (nSPS) is 14.3. The van der Waals surface area contributed by atoms with Gasteiger partial charge in [-0.1, -0.05) is 0 Å². The largest absolute Gasteiger partial charge is 0.508 e. The number of carbonyl (C=O) groups excluding carboxylic acids is 2. The first-order chi connectivity index (χ1) is 15.3. The number of aromatic nitrogens is 2. The van der Waals surface area contributed by atoms with E-state index < -0.39 is 11.8 Å². The summed E-state index contributed by atoms with van der Waals surface area (Å²) in [6.07, 6.45) is 3.52. The van der Waals surface area contributed by atoms with Gasteiger partial charge < -0.3 is 24.7 Å². The number of nitrogens with one attached hydrogen (secondary N) is 2. The minimum absolute atomic E-state index is 0.0652. The van der Waals surface area contributed by atoms with Crippen LogP contribution < -0.4 is 5.32 Å². The SMILES string of the molecule is CN(C)CCn1cc(C2=C(c3c[nH]c4ccc(O)cc34)C(=O)NC2=O)c2cc(O)ccc21. The average molecular weight is 430 g/mol. The lowest BCUT2D eigenvalue weighted by Gasteiger charge is -2.11. The van der Waals surface area contributed by atoms with Gasteiger partial charge in [-0.05, 0) is 50.5 Å². The number of carbonyl (C=O) groups is 2. The Labute approximate surface area is 183 Å². The molecular weight excluding hydrogens is 408 g/mol. The van der Waals surface area contributed by atoms with Crippen molar-refractivity contribution in [3.8, 4) is 11.5 Å². The van der Waals surface area contributed by atoms with E-state index in [9.17, 15) is 19.8 Å². The molecule has 0 saturated carbocycles. The fourth-order valence-corrected chi connectivity index (χ4v) is 4.26. The molecule has 0 unspecified atom stereocenters. The molecule has 162 valence electrons. The Morgan fingerprint density at radius 2 is 1.56 bits per heavy atom. The molecule has 0 radical (unpaired) electrons. The van der Waals surface area contributed by atoms with Crippen molar-refractivity contribution in [3.63, 3.8) is 0 Å². The first-order valence-corrected chi connectivity index (χ1v) is 10.2. The van der Waals surface area contributed by atoms with Gasteiger partial charge in [-0.3, -0.25) is 14.9 Å². The molecule has 2 amide bonds. The molecule has 1 aliphatic rings. The van der Waals surface area contributed by atoms with E-state index in [1.807, 2.05) is 30.9 Å². The zero-order valence-electron chi connectivity index (χ0n) is 17.6. The Kier molecular flexibility index (Phi) is 4.53. The highest BCUT2D eigenvalue weighted by Crippen LogP contribution is 2.39. The van der Waals surface area contributed by atoms with Gasteiger partial charge in [-0.25, -0.2) is 0 Å². The fourth-order valence-electron chi connectivity index (χ4n) is 4.26. The second-order valence-electron chi connectivity index (χ2n) is 8.21. The standard InChI is InChI=1S/C24H22N4O4/c1-27(2)7-8-28-12-18(16-10-14(30)4-6-20(16)28)22-21(23(31)26-24(22)32)17-11-25-19-5-3-13(29)9-15(17)19/h3-6,9-12,25,29-30H,7-8H2,1-2H3,(H,26,31,32). The Balaban J connectivity index is 1.78. The monoisotopic (exact) mass is 430 g/mol. The summed E-state index contributed by atoms with van der Waals surface area (Å²) < 4.78 is 2.02. The van der Waals surface area contributed by atoms with Crippen LogP contribution in [0.3, 0.4) is 0 Å². The van der Waals surface area contributed by atoms with Crippen LogP contribution in [0.5, 0.6) is 11.5 Å². The van der Waals surface area contributed by atoms with Crippen LogP contribution in [0.25, 0.3) is 33.0 Å². The highest BCUT2D eigenvalue weighted by Gasteiger charge is 2.35. The molecule has 2 aromatic carbocycles. The van der Waals surface area contributed by atoms with Crippen molar-refractivity contribution < 1.29 is 19.8 Å². The minimum atomic E-state index is -0.497. The topological polar surface area (TPSA) is 111 Å². The minimum Gasteiger partial charge on any atom is -0.508 e. The number of aromatic hydroxyl groups is 2. The van der Waals surface area contributed by atoms with E-state index in [0.717, 1.165) is 17.6 Å². The molecule has 5 rings (SSSR count). The van der Waals surface area contributed by atoms with Crippen molar-refractivity contribution in [2.45, 2.75) is 6.54 Å². The number of H-pyrrole nitrogens is 1. The van der Waals surface area contributed by atoms with Crippen LogP contribution in [-0.4, -0.2) is 57.1 Å². The molecule has 3 heterocycles. The first-order valence-electron chi connectivity index (χ1n) is 10.2. The molecule has 2 aromatic heterocycles. The lowest BCUT2D eigenvalue weighted by Crippen LogP contribution is -2.22. The maximum atomic E-state index is 13.0. The van der Waals surface area contributed by atoms with Crippen molar-refractivity contribution >= 4 is 44.8 Å². The first kappa shape index (κ1) is 19.9. The van der Waals surface area contributed by atoms with Crippen molar-refractivity contribution in [1.82, 2.24) is 19.8 Å².